The Labute approximate surface area is 106 Å². The first kappa shape index (κ1) is 14.5. The van der Waals surface area contributed by atoms with Crippen LogP contribution in [-0.2, 0) is 14.9 Å². The lowest BCUT2D eigenvalue weighted by Gasteiger charge is -2.08. The van der Waals surface area contributed by atoms with E-state index in [-0.39, 0.29) is 13.2 Å². The van der Waals surface area contributed by atoms with Crippen LogP contribution in [0, 0.1) is 6.92 Å². The third kappa shape index (κ3) is 5.65. The van der Waals surface area contributed by atoms with E-state index >= 15 is 0 Å². The van der Waals surface area contributed by atoms with E-state index in [1.54, 1.807) is 12.1 Å². The Morgan fingerprint density at radius 2 is 2.06 bits per heavy atom. The average Bonchev–Trinajstić information content (AvgIpc) is 2.26. The molecular weight excluding hydrogens is 258 g/mol. The molecule has 0 aromatic heterocycles. The first-order valence-corrected chi connectivity index (χ1v) is 6.90. The third-order valence-electron chi connectivity index (χ3n) is 2.13. The Morgan fingerprint density at radius 1 is 1.39 bits per heavy atom. The zero-order valence-electron chi connectivity index (χ0n) is 9.92. The van der Waals surface area contributed by atoms with Gasteiger partial charge in [0.05, 0.1) is 5.75 Å². The summed E-state index contributed by atoms with van der Waals surface area (Å²) in [4.78, 5) is 11.3. The number of carbonyl (C=O) groups excluding carboxylic acids is 1. The number of amides is 1. The van der Waals surface area contributed by atoms with Crippen molar-refractivity contribution < 1.29 is 22.5 Å². The highest BCUT2D eigenvalue weighted by molar-refractivity contribution is 7.85. The highest BCUT2D eigenvalue weighted by atomic mass is 32.2. The lowest BCUT2D eigenvalue weighted by atomic mass is 10.2. The molecule has 0 aliphatic heterocycles. The van der Waals surface area contributed by atoms with Gasteiger partial charge in [-0.15, -0.1) is 0 Å². The van der Waals surface area contributed by atoms with E-state index in [9.17, 15) is 13.2 Å². The van der Waals surface area contributed by atoms with Crippen LogP contribution in [0.15, 0.2) is 24.3 Å². The first-order chi connectivity index (χ1) is 8.38. The molecule has 18 heavy (non-hydrogen) atoms. The fourth-order valence-electron chi connectivity index (χ4n) is 1.23. The summed E-state index contributed by atoms with van der Waals surface area (Å²) in [7, 11) is -4.05. The maximum atomic E-state index is 11.3. The van der Waals surface area contributed by atoms with Gasteiger partial charge >= 0.3 is 0 Å². The van der Waals surface area contributed by atoms with Crippen LogP contribution in [-0.4, -0.2) is 37.8 Å². The summed E-state index contributed by atoms with van der Waals surface area (Å²) in [5.74, 6) is -0.354. The largest absolute Gasteiger partial charge is 0.484 e. The van der Waals surface area contributed by atoms with Gasteiger partial charge in [-0.2, -0.15) is 8.42 Å². The van der Waals surface area contributed by atoms with Crippen molar-refractivity contribution in [3.63, 3.8) is 0 Å². The predicted octanol–water partition coefficient (Wildman–Crippen LogP) is 0.378. The molecule has 0 spiro atoms. The molecule has 0 saturated heterocycles. The van der Waals surface area contributed by atoms with Gasteiger partial charge in [-0.05, 0) is 18.6 Å². The number of ether oxygens (including phenoxy) is 1. The van der Waals surface area contributed by atoms with Crippen molar-refractivity contribution in [3.8, 4) is 5.75 Å². The average molecular weight is 273 g/mol. The number of nitrogens with one attached hydrogen (secondary N) is 1. The van der Waals surface area contributed by atoms with Crippen molar-refractivity contribution in [3.05, 3.63) is 29.8 Å². The van der Waals surface area contributed by atoms with Crippen LogP contribution in [0.4, 0.5) is 0 Å². The van der Waals surface area contributed by atoms with Crippen LogP contribution in [0.2, 0.25) is 0 Å². The molecule has 2 N–H and O–H groups in total. The zero-order valence-corrected chi connectivity index (χ0v) is 10.7. The van der Waals surface area contributed by atoms with Gasteiger partial charge in [0.25, 0.3) is 16.0 Å². The highest BCUT2D eigenvalue weighted by Crippen LogP contribution is 2.15. The predicted molar refractivity (Wildman–Crippen MR) is 66.1 cm³/mol. The van der Waals surface area contributed by atoms with E-state index in [1.807, 2.05) is 19.1 Å². The van der Waals surface area contributed by atoms with Crippen molar-refractivity contribution in [1.29, 1.82) is 0 Å². The minimum absolute atomic E-state index is 0.144. The Morgan fingerprint density at radius 3 is 2.67 bits per heavy atom. The minimum atomic E-state index is -4.05. The molecule has 0 saturated carbocycles. The summed E-state index contributed by atoms with van der Waals surface area (Å²) in [6, 6.07) is 7.24. The normalized spacial score (nSPS) is 11.0. The Hall–Kier alpha value is -1.60. The molecule has 1 rings (SSSR count). The summed E-state index contributed by atoms with van der Waals surface area (Å²) >= 11 is 0. The van der Waals surface area contributed by atoms with Gasteiger partial charge in [0.2, 0.25) is 0 Å². The standard InChI is InChI=1S/C11H15NO5S/c1-9-4-2-3-5-10(9)17-8-11(13)12-6-7-18(14,15)16/h2-5H,6-8H2,1H3,(H,12,13)(H,14,15,16). The van der Waals surface area contributed by atoms with E-state index in [0.717, 1.165) is 5.56 Å². The number of hydrogen-bond acceptors (Lipinski definition) is 4. The van der Waals surface area contributed by atoms with Crippen LogP contribution in [0.5, 0.6) is 5.75 Å². The number of carbonyl (C=O) groups is 1. The van der Waals surface area contributed by atoms with Crippen LogP contribution < -0.4 is 10.1 Å². The maximum absolute atomic E-state index is 11.3. The van der Waals surface area contributed by atoms with Gasteiger partial charge in [0.1, 0.15) is 5.75 Å². The van der Waals surface area contributed by atoms with Crippen LogP contribution in [0.25, 0.3) is 0 Å². The number of para-hydroxylation sites is 1. The van der Waals surface area contributed by atoms with Crippen LogP contribution in [0.3, 0.4) is 0 Å². The highest BCUT2D eigenvalue weighted by Gasteiger charge is 2.07. The monoisotopic (exact) mass is 273 g/mol. The molecule has 0 bridgehead atoms. The maximum Gasteiger partial charge on any atom is 0.266 e. The second-order valence-corrected chi connectivity index (χ2v) is 5.26. The Bertz CT molecular complexity index is 512. The van der Waals surface area contributed by atoms with Crippen LogP contribution in [0.1, 0.15) is 5.56 Å². The molecule has 6 nitrogen and oxygen atoms in total. The number of hydrogen-bond donors (Lipinski definition) is 2. The fraction of sp³-hybridized carbons (Fsp3) is 0.364. The van der Waals surface area contributed by atoms with Crippen LogP contribution >= 0.6 is 0 Å². The van der Waals surface area contributed by atoms with Gasteiger partial charge < -0.3 is 10.1 Å². The molecule has 0 heterocycles. The van der Waals surface area contributed by atoms with Gasteiger partial charge in [-0.25, -0.2) is 0 Å². The number of aryl methyl sites for hydroxylation is 1. The van der Waals surface area contributed by atoms with Crippen molar-refractivity contribution in [1.82, 2.24) is 5.32 Å². The molecule has 100 valence electrons. The molecule has 0 radical (unpaired) electrons. The second kappa shape index (κ2) is 6.36. The summed E-state index contributed by atoms with van der Waals surface area (Å²) < 4.78 is 34.5. The van der Waals surface area contributed by atoms with E-state index in [2.05, 4.69) is 5.32 Å². The van der Waals surface area contributed by atoms with E-state index in [1.165, 1.54) is 0 Å². The quantitative estimate of drug-likeness (QED) is 0.731. The minimum Gasteiger partial charge on any atom is -0.484 e. The van der Waals surface area contributed by atoms with E-state index in [0.29, 0.717) is 5.75 Å². The molecule has 0 unspecified atom stereocenters. The molecule has 0 atom stereocenters. The van der Waals surface area contributed by atoms with Crippen molar-refractivity contribution in [2.75, 3.05) is 18.9 Å². The van der Waals surface area contributed by atoms with Crippen molar-refractivity contribution in [2.24, 2.45) is 0 Å². The SMILES string of the molecule is Cc1ccccc1OCC(=O)NCCS(=O)(=O)O. The lowest BCUT2D eigenvalue weighted by Crippen LogP contribution is -2.32. The molecule has 0 fully saturated rings. The lowest BCUT2D eigenvalue weighted by molar-refractivity contribution is -0.122. The summed E-state index contributed by atoms with van der Waals surface area (Å²) in [6.45, 7) is 1.51. The van der Waals surface area contributed by atoms with Gasteiger partial charge in [0.15, 0.2) is 6.61 Å². The second-order valence-electron chi connectivity index (χ2n) is 3.69. The first-order valence-electron chi connectivity index (χ1n) is 5.29. The van der Waals surface area contributed by atoms with Crippen molar-refractivity contribution in [2.45, 2.75) is 6.92 Å². The van der Waals surface area contributed by atoms with Gasteiger partial charge in [-0.3, -0.25) is 9.35 Å². The smallest absolute Gasteiger partial charge is 0.266 e. The summed E-state index contributed by atoms with van der Waals surface area (Å²) in [5.41, 5.74) is 0.906. The molecule has 7 heteroatoms. The number of benzene rings is 1. The van der Waals surface area contributed by atoms with E-state index in [4.69, 9.17) is 9.29 Å². The van der Waals surface area contributed by atoms with Crippen molar-refractivity contribution >= 4 is 16.0 Å². The summed E-state index contributed by atoms with van der Waals surface area (Å²) in [6.07, 6.45) is 0. The molecule has 1 amide bonds. The Balaban J connectivity index is 2.32. The molecule has 1 aromatic rings. The van der Waals surface area contributed by atoms with Gasteiger partial charge in [0, 0.05) is 6.54 Å². The molecule has 1 aromatic carbocycles. The molecule has 0 aliphatic carbocycles. The molecular formula is C11H15NO5S. The fourth-order valence-corrected chi connectivity index (χ4v) is 1.59. The summed E-state index contributed by atoms with van der Waals surface area (Å²) in [5, 5.41) is 2.33. The third-order valence-corrected chi connectivity index (χ3v) is 2.85. The topological polar surface area (TPSA) is 92.7 Å². The van der Waals surface area contributed by atoms with Gasteiger partial charge in [-0.1, -0.05) is 18.2 Å². The zero-order chi connectivity index (χ0) is 13.6. The number of rotatable bonds is 6. The Kier molecular flexibility index (Phi) is 5.11. The van der Waals surface area contributed by atoms with E-state index < -0.39 is 21.8 Å². The molecule has 0 aliphatic rings.